The molecule has 0 aromatic carbocycles. The van der Waals surface area contributed by atoms with E-state index < -0.39 is 11.4 Å². The minimum Gasteiger partial charge on any atom is -0.397 e. The molecule has 1 fully saturated rings. The maximum atomic E-state index is 12.1. The summed E-state index contributed by atoms with van der Waals surface area (Å²) < 4.78 is 1.86. The summed E-state index contributed by atoms with van der Waals surface area (Å²) in [7, 11) is 0. The minimum absolute atomic E-state index is 0.331. The Balaban J connectivity index is 2.21. The first-order chi connectivity index (χ1) is 8.31. The Morgan fingerprint density at radius 1 is 1.44 bits per heavy atom. The van der Waals surface area contributed by atoms with E-state index in [1.807, 2.05) is 4.57 Å². The van der Waals surface area contributed by atoms with Gasteiger partial charge in [-0.05, 0) is 32.8 Å². The molecule has 2 rings (SSSR count). The third-order valence-electron chi connectivity index (χ3n) is 3.08. The Hall–Kier alpha value is -1.98. The van der Waals surface area contributed by atoms with Crippen LogP contribution in [0.15, 0.2) is 12.3 Å². The highest BCUT2D eigenvalue weighted by Crippen LogP contribution is 2.37. The number of nitrogens with one attached hydrogen (secondary N) is 1. The zero-order chi connectivity index (χ0) is 13.5. The number of primary amides is 1. The fourth-order valence-electron chi connectivity index (χ4n) is 1.75. The number of nitrogen functional groups attached to an aromatic ring is 1. The van der Waals surface area contributed by atoms with Gasteiger partial charge in [0.05, 0.1) is 5.69 Å². The lowest BCUT2D eigenvalue weighted by atomic mass is 10.1. The quantitative estimate of drug-likeness (QED) is 0.720. The Labute approximate surface area is 105 Å². The first kappa shape index (κ1) is 12.5. The number of carbonyl (C=O) groups is 2. The Bertz CT molecular complexity index is 500. The fraction of sp³-hybridized carbons (Fsp3) is 0.500. The zero-order valence-electron chi connectivity index (χ0n) is 10.6. The Kier molecular flexibility index (Phi) is 2.80. The van der Waals surface area contributed by atoms with Crippen LogP contribution in [0.3, 0.4) is 0 Å². The molecule has 5 N–H and O–H groups in total. The van der Waals surface area contributed by atoms with E-state index in [1.54, 1.807) is 26.1 Å². The van der Waals surface area contributed by atoms with Gasteiger partial charge in [0, 0.05) is 12.2 Å². The van der Waals surface area contributed by atoms with Crippen molar-refractivity contribution in [3.63, 3.8) is 0 Å². The van der Waals surface area contributed by atoms with Crippen LogP contribution in [0.5, 0.6) is 0 Å². The highest BCUT2D eigenvalue weighted by Gasteiger charge is 2.31. The monoisotopic (exact) mass is 250 g/mol. The molecule has 1 aliphatic carbocycles. The van der Waals surface area contributed by atoms with Gasteiger partial charge in [0.1, 0.15) is 11.2 Å². The number of amides is 2. The predicted octanol–water partition coefficient (Wildman–Crippen LogP) is 0.399. The lowest BCUT2D eigenvalue weighted by molar-refractivity contribution is -0.122. The van der Waals surface area contributed by atoms with Gasteiger partial charge in [-0.2, -0.15) is 0 Å². The summed E-state index contributed by atoms with van der Waals surface area (Å²) in [5.74, 6) is -0.907. The van der Waals surface area contributed by atoms with Gasteiger partial charge in [-0.25, -0.2) is 0 Å². The van der Waals surface area contributed by atoms with Gasteiger partial charge >= 0.3 is 0 Å². The van der Waals surface area contributed by atoms with Crippen LogP contribution in [-0.2, 0) is 4.79 Å². The summed E-state index contributed by atoms with van der Waals surface area (Å²) in [6.45, 7) is 3.14. The van der Waals surface area contributed by atoms with Gasteiger partial charge in [-0.15, -0.1) is 0 Å². The molecule has 6 nitrogen and oxygen atoms in total. The second-order valence-corrected chi connectivity index (χ2v) is 5.24. The van der Waals surface area contributed by atoms with Crippen molar-refractivity contribution < 1.29 is 9.59 Å². The van der Waals surface area contributed by atoms with Gasteiger partial charge in [-0.3, -0.25) is 9.59 Å². The van der Waals surface area contributed by atoms with Crippen LogP contribution < -0.4 is 16.8 Å². The third-order valence-corrected chi connectivity index (χ3v) is 3.08. The normalized spacial score (nSPS) is 15.4. The number of anilines is 1. The van der Waals surface area contributed by atoms with Crippen LogP contribution in [0.2, 0.25) is 0 Å². The lowest BCUT2D eigenvalue weighted by Gasteiger charge is -2.22. The number of nitrogens with zero attached hydrogens (tertiary/aromatic N) is 1. The van der Waals surface area contributed by atoms with Crippen LogP contribution in [0.25, 0.3) is 0 Å². The van der Waals surface area contributed by atoms with Gasteiger partial charge in [0.2, 0.25) is 5.91 Å². The Morgan fingerprint density at radius 2 is 2.06 bits per heavy atom. The molecule has 0 saturated heterocycles. The number of rotatable bonds is 4. The number of hydrogen-bond acceptors (Lipinski definition) is 3. The molecule has 0 aliphatic heterocycles. The van der Waals surface area contributed by atoms with Crippen molar-refractivity contribution >= 4 is 17.5 Å². The molecule has 0 radical (unpaired) electrons. The predicted molar refractivity (Wildman–Crippen MR) is 67.9 cm³/mol. The lowest BCUT2D eigenvalue weighted by Crippen LogP contribution is -2.53. The van der Waals surface area contributed by atoms with Crippen molar-refractivity contribution in [3.8, 4) is 0 Å². The molecule has 2 amide bonds. The Morgan fingerprint density at radius 3 is 2.56 bits per heavy atom. The zero-order valence-corrected chi connectivity index (χ0v) is 10.6. The second-order valence-electron chi connectivity index (χ2n) is 5.24. The van der Waals surface area contributed by atoms with E-state index in [9.17, 15) is 9.59 Å². The van der Waals surface area contributed by atoms with E-state index in [0.717, 1.165) is 12.8 Å². The van der Waals surface area contributed by atoms with E-state index in [0.29, 0.717) is 17.4 Å². The van der Waals surface area contributed by atoms with Crippen molar-refractivity contribution in [1.82, 2.24) is 9.88 Å². The summed E-state index contributed by atoms with van der Waals surface area (Å²) in [4.78, 5) is 23.3. The van der Waals surface area contributed by atoms with E-state index in [2.05, 4.69) is 5.32 Å². The van der Waals surface area contributed by atoms with Gasteiger partial charge in [-0.1, -0.05) is 0 Å². The molecule has 1 saturated carbocycles. The van der Waals surface area contributed by atoms with Crippen molar-refractivity contribution in [2.75, 3.05) is 5.73 Å². The van der Waals surface area contributed by atoms with Crippen molar-refractivity contribution in [2.45, 2.75) is 38.3 Å². The third kappa shape index (κ3) is 2.32. The molecule has 1 heterocycles. The molecule has 1 aromatic heterocycles. The molecule has 0 spiro atoms. The largest absolute Gasteiger partial charge is 0.397 e. The molecule has 1 aromatic rings. The maximum absolute atomic E-state index is 12.1. The highest BCUT2D eigenvalue weighted by molar-refractivity contribution is 5.98. The topological polar surface area (TPSA) is 103 Å². The molecule has 98 valence electrons. The maximum Gasteiger partial charge on any atom is 0.268 e. The van der Waals surface area contributed by atoms with Crippen LogP contribution >= 0.6 is 0 Å². The van der Waals surface area contributed by atoms with Crippen molar-refractivity contribution in [1.29, 1.82) is 0 Å². The number of carbonyl (C=O) groups excluding carboxylic acids is 2. The number of hydrogen-bond donors (Lipinski definition) is 3. The first-order valence-electron chi connectivity index (χ1n) is 5.91. The second kappa shape index (κ2) is 4.04. The SMILES string of the molecule is CC(C)(NC(=O)c1cc(N)cn1C1CC1)C(N)=O. The van der Waals surface area contributed by atoms with Crippen LogP contribution in [0, 0.1) is 0 Å². The smallest absolute Gasteiger partial charge is 0.268 e. The van der Waals surface area contributed by atoms with Crippen molar-refractivity contribution in [3.05, 3.63) is 18.0 Å². The van der Waals surface area contributed by atoms with Gasteiger partial charge < -0.3 is 21.4 Å². The number of aromatic nitrogens is 1. The summed E-state index contributed by atoms with van der Waals surface area (Å²) in [5, 5.41) is 2.62. The van der Waals surface area contributed by atoms with Gasteiger partial charge in [0.15, 0.2) is 0 Å². The average molecular weight is 250 g/mol. The molecule has 0 bridgehead atoms. The first-order valence-corrected chi connectivity index (χ1v) is 5.91. The summed E-state index contributed by atoms with van der Waals surface area (Å²) in [5.41, 5.74) is 10.9. The molecule has 18 heavy (non-hydrogen) atoms. The molecular weight excluding hydrogens is 232 g/mol. The average Bonchev–Trinajstić information content (AvgIpc) is 3.01. The summed E-state index contributed by atoms with van der Waals surface area (Å²) in [6, 6.07) is 1.96. The van der Waals surface area contributed by atoms with Crippen LogP contribution in [0.1, 0.15) is 43.2 Å². The van der Waals surface area contributed by atoms with E-state index in [4.69, 9.17) is 11.5 Å². The van der Waals surface area contributed by atoms with E-state index in [-0.39, 0.29) is 5.91 Å². The summed E-state index contributed by atoms with van der Waals surface area (Å²) in [6.07, 6.45) is 3.85. The highest BCUT2D eigenvalue weighted by atomic mass is 16.2. The van der Waals surface area contributed by atoms with Crippen LogP contribution in [-0.4, -0.2) is 21.9 Å². The van der Waals surface area contributed by atoms with E-state index >= 15 is 0 Å². The minimum atomic E-state index is -1.08. The molecule has 6 heteroatoms. The molecule has 0 unspecified atom stereocenters. The standard InChI is InChI=1S/C12H18N4O2/c1-12(2,11(14)18)15-10(17)9-5-7(13)6-16(9)8-3-4-8/h5-6,8H,3-4,13H2,1-2H3,(H2,14,18)(H,15,17). The van der Waals surface area contributed by atoms with Gasteiger partial charge in [0.25, 0.3) is 5.91 Å². The van der Waals surface area contributed by atoms with Crippen molar-refractivity contribution in [2.24, 2.45) is 5.73 Å². The molecular formula is C12H18N4O2. The van der Waals surface area contributed by atoms with Crippen LogP contribution in [0.4, 0.5) is 5.69 Å². The summed E-state index contributed by atoms with van der Waals surface area (Å²) >= 11 is 0. The molecule has 0 atom stereocenters. The fourth-order valence-corrected chi connectivity index (χ4v) is 1.75. The number of nitrogens with two attached hydrogens (primary N) is 2. The molecule has 1 aliphatic rings. The van der Waals surface area contributed by atoms with E-state index in [1.165, 1.54) is 0 Å².